The van der Waals surface area contributed by atoms with Crippen molar-refractivity contribution in [3.63, 3.8) is 0 Å². The van der Waals surface area contributed by atoms with Crippen molar-refractivity contribution in [1.82, 2.24) is 10.6 Å². The van der Waals surface area contributed by atoms with Crippen molar-refractivity contribution in [2.75, 3.05) is 19.6 Å². The van der Waals surface area contributed by atoms with Gasteiger partial charge in [0.15, 0.2) is 0 Å². The molecule has 1 fully saturated rings. The Morgan fingerprint density at radius 1 is 1.47 bits per heavy atom. The first-order chi connectivity index (χ1) is 9.15. The third-order valence-corrected chi connectivity index (χ3v) is 3.82. The van der Waals surface area contributed by atoms with Gasteiger partial charge >= 0.3 is 0 Å². The summed E-state index contributed by atoms with van der Waals surface area (Å²) in [5.74, 6) is 0.00766. The number of halogens is 2. The molecule has 1 saturated heterocycles. The van der Waals surface area contributed by atoms with E-state index in [-0.39, 0.29) is 5.91 Å². The number of carbonyl (C=O) groups excluding carboxylic acids is 1. The van der Waals surface area contributed by atoms with Gasteiger partial charge in [-0.05, 0) is 56.5 Å². The van der Waals surface area contributed by atoms with Crippen LogP contribution < -0.4 is 10.6 Å². The van der Waals surface area contributed by atoms with Crippen LogP contribution in [-0.4, -0.2) is 25.5 Å². The molecule has 0 aliphatic carbocycles. The van der Waals surface area contributed by atoms with Crippen molar-refractivity contribution in [3.05, 3.63) is 34.1 Å². The molecule has 1 heterocycles. The van der Waals surface area contributed by atoms with Crippen LogP contribution in [0, 0.1) is 11.7 Å². The van der Waals surface area contributed by atoms with Crippen molar-refractivity contribution in [2.24, 2.45) is 5.92 Å². The van der Waals surface area contributed by atoms with Gasteiger partial charge in [0.2, 0.25) is 0 Å². The Hall–Kier alpha value is -0.940. The van der Waals surface area contributed by atoms with Gasteiger partial charge in [0.05, 0.1) is 0 Å². The highest BCUT2D eigenvalue weighted by molar-refractivity contribution is 9.10. The summed E-state index contributed by atoms with van der Waals surface area (Å²) in [5.41, 5.74) is 0.355. The molecule has 0 spiro atoms. The Bertz CT molecular complexity index is 427. The van der Waals surface area contributed by atoms with Crippen LogP contribution >= 0.6 is 15.9 Å². The highest BCUT2D eigenvalue weighted by atomic mass is 79.9. The molecule has 2 N–H and O–H groups in total. The third-order valence-electron chi connectivity index (χ3n) is 3.36. The van der Waals surface area contributed by atoms with E-state index in [4.69, 9.17) is 0 Å². The zero-order valence-corrected chi connectivity index (χ0v) is 12.3. The predicted molar refractivity (Wildman–Crippen MR) is 76.6 cm³/mol. The maximum atomic E-state index is 13.2. The average Bonchev–Trinajstić information content (AvgIpc) is 2.38. The molecular weight excluding hydrogens is 311 g/mol. The molecule has 2 rings (SSSR count). The summed E-state index contributed by atoms with van der Waals surface area (Å²) < 4.78 is 13.8. The molecule has 0 aromatic heterocycles. The first kappa shape index (κ1) is 14.5. The highest BCUT2D eigenvalue weighted by Gasteiger charge is 2.13. The molecule has 1 unspecified atom stereocenters. The molecule has 3 nitrogen and oxygen atoms in total. The van der Waals surface area contributed by atoms with E-state index in [0.717, 1.165) is 19.5 Å². The van der Waals surface area contributed by atoms with Crippen LogP contribution in [-0.2, 0) is 0 Å². The minimum atomic E-state index is -0.406. The van der Waals surface area contributed by atoms with Gasteiger partial charge in [0.1, 0.15) is 5.82 Å². The largest absolute Gasteiger partial charge is 0.352 e. The molecule has 1 aromatic carbocycles. The second kappa shape index (κ2) is 7.01. The minimum absolute atomic E-state index is 0.219. The number of nitrogens with one attached hydrogen (secondary N) is 2. The lowest BCUT2D eigenvalue weighted by atomic mass is 9.96. The first-order valence-corrected chi connectivity index (χ1v) is 7.39. The second-order valence-electron chi connectivity index (χ2n) is 4.92. The Kier molecular flexibility index (Phi) is 5.34. The molecule has 19 heavy (non-hydrogen) atoms. The van der Waals surface area contributed by atoms with Crippen LogP contribution in [0.5, 0.6) is 0 Å². The molecule has 5 heteroatoms. The van der Waals surface area contributed by atoms with Gasteiger partial charge in [-0.15, -0.1) is 0 Å². The summed E-state index contributed by atoms with van der Waals surface area (Å²) in [7, 11) is 0. The number of piperidine rings is 1. The fourth-order valence-electron chi connectivity index (χ4n) is 2.35. The molecule has 1 aliphatic rings. The summed E-state index contributed by atoms with van der Waals surface area (Å²) in [6.07, 6.45) is 3.39. The monoisotopic (exact) mass is 328 g/mol. The van der Waals surface area contributed by atoms with E-state index in [1.54, 1.807) is 6.07 Å². The molecule has 1 aliphatic heterocycles. The fourth-order valence-corrected chi connectivity index (χ4v) is 2.81. The van der Waals surface area contributed by atoms with Crippen LogP contribution in [0.1, 0.15) is 29.6 Å². The molecule has 1 aromatic rings. The van der Waals surface area contributed by atoms with Gasteiger partial charge in [-0.2, -0.15) is 0 Å². The fraction of sp³-hybridized carbons (Fsp3) is 0.500. The average molecular weight is 329 g/mol. The Morgan fingerprint density at radius 3 is 3.00 bits per heavy atom. The molecule has 0 radical (unpaired) electrons. The lowest BCUT2D eigenvalue weighted by Gasteiger charge is -2.22. The Labute approximate surface area is 121 Å². The number of amides is 1. The van der Waals surface area contributed by atoms with Gasteiger partial charge in [-0.25, -0.2) is 4.39 Å². The van der Waals surface area contributed by atoms with E-state index < -0.39 is 5.82 Å². The van der Waals surface area contributed by atoms with Crippen LogP contribution in [0.4, 0.5) is 4.39 Å². The molecule has 1 amide bonds. The van der Waals surface area contributed by atoms with Gasteiger partial charge < -0.3 is 10.6 Å². The van der Waals surface area contributed by atoms with E-state index in [2.05, 4.69) is 26.6 Å². The van der Waals surface area contributed by atoms with E-state index in [1.807, 2.05) is 0 Å². The van der Waals surface area contributed by atoms with Crippen LogP contribution in [0.15, 0.2) is 22.7 Å². The molecule has 104 valence electrons. The standard InChI is InChI=1S/C14H18BrFN2O/c15-12-6-11(7-13(16)8-12)14(19)18-5-3-10-2-1-4-17-9-10/h6-8,10,17H,1-5,9H2,(H,18,19). The lowest BCUT2D eigenvalue weighted by Crippen LogP contribution is -2.33. The van der Waals surface area contributed by atoms with E-state index in [9.17, 15) is 9.18 Å². The van der Waals surface area contributed by atoms with Crippen molar-refractivity contribution in [1.29, 1.82) is 0 Å². The number of hydrogen-bond acceptors (Lipinski definition) is 2. The van der Waals surface area contributed by atoms with Gasteiger partial charge in [-0.1, -0.05) is 15.9 Å². The summed E-state index contributed by atoms with van der Waals surface area (Å²) in [4.78, 5) is 11.9. The number of rotatable bonds is 4. The van der Waals surface area contributed by atoms with Gasteiger partial charge in [0, 0.05) is 16.6 Å². The first-order valence-electron chi connectivity index (χ1n) is 6.60. The highest BCUT2D eigenvalue weighted by Crippen LogP contribution is 2.15. The SMILES string of the molecule is O=C(NCCC1CCCNC1)c1cc(F)cc(Br)c1. The van der Waals surface area contributed by atoms with Crippen molar-refractivity contribution in [2.45, 2.75) is 19.3 Å². The van der Waals surface area contributed by atoms with Crippen LogP contribution in [0.3, 0.4) is 0 Å². The van der Waals surface area contributed by atoms with Gasteiger partial charge in [-0.3, -0.25) is 4.79 Å². The van der Waals surface area contributed by atoms with Crippen LogP contribution in [0.2, 0.25) is 0 Å². The topological polar surface area (TPSA) is 41.1 Å². The van der Waals surface area contributed by atoms with Crippen molar-refractivity contribution < 1.29 is 9.18 Å². The van der Waals surface area contributed by atoms with Crippen molar-refractivity contribution >= 4 is 21.8 Å². The number of hydrogen-bond donors (Lipinski definition) is 2. The smallest absolute Gasteiger partial charge is 0.251 e. The molecule has 0 saturated carbocycles. The van der Waals surface area contributed by atoms with E-state index in [1.165, 1.54) is 25.0 Å². The quantitative estimate of drug-likeness (QED) is 0.892. The molecular formula is C14H18BrFN2O. The lowest BCUT2D eigenvalue weighted by molar-refractivity contribution is 0.0950. The summed E-state index contributed by atoms with van der Waals surface area (Å²) in [6.45, 7) is 2.76. The zero-order chi connectivity index (χ0) is 13.7. The molecule has 1 atom stereocenters. The Balaban J connectivity index is 1.80. The Morgan fingerprint density at radius 2 is 2.32 bits per heavy atom. The van der Waals surface area contributed by atoms with Gasteiger partial charge in [0.25, 0.3) is 5.91 Å². The predicted octanol–water partition coefficient (Wildman–Crippen LogP) is 2.71. The van der Waals surface area contributed by atoms with Crippen molar-refractivity contribution in [3.8, 4) is 0 Å². The van der Waals surface area contributed by atoms with E-state index in [0.29, 0.717) is 22.5 Å². The summed E-state index contributed by atoms with van der Waals surface area (Å²) >= 11 is 3.18. The number of carbonyl (C=O) groups is 1. The third kappa shape index (κ3) is 4.58. The normalized spacial score (nSPS) is 19.2. The summed E-state index contributed by atoms with van der Waals surface area (Å²) in [5, 5.41) is 6.20. The van der Waals surface area contributed by atoms with E-state index >= 15 is 0 Å². The second-order valence-corrected chi connectivity index (χ2v) is 5.83. The number of benzene rings is 1. The summed E-state index contributed by atoms with van der Waals surface area (Å²) in [6, 6.07) is 4.22. The minimum Gasteiger partial charge on any atom is -0.352 e. The maximum Gasteiger partial charge on any atom is 0.251 e. The van der Waals surface area contributed by atoms with Crippen LogP contribution in [0.25, 0.3) is 0 Å². The zero-order valence-electron chi connectivity index (χ0n) is 10.7. The maximum absolute atomic E-state index is 13.2. The molecule has 0 bridgehead atoms.